The number of aromatic nitrogens is 3. The zero-order valence-corrected chi connectivity index (χ0v) is 13.2. The number of pyridine rings is 1. The number of amides is 1. The Hall–Kier alpha value is -1.95. The molecule has 0 fully saturated rings. The quantitative estimate of drug-likeness (QED) is 0.860. The van der Waals surface area contributed by atoms with Crippen LogP contribution in [0.2, 0.25) is 0 Å². The molecule has 1 N–H and O–H groups in total. The molecule has 0 aliphatic rings. The first-order valence-corrected chi connectivity index (χ1v) is 7.26. The molecule has 2 aromatic heterocycles. The van der Waals surface area contributed by atoms with Gasteiger partial charge in [0.2, 0.25) is 0 Å². The summed E-state index contributed by atoms with van der Waals surface area (Å²) in [5.74, 6) is -0.0435. The smallest absolute Gasteiger partial charge is 0.274 e. The second kappa shape index (κ2) is 6.22. The predicted octanol–water partition coefficient (Wildman–Crippen LogP) is 2.82. The van der Waals surface area contributed by atoms with Gasteiger partial charge < -0.3 is 0 Å². The maximum absolute atomic E-state index is 12.3. The van der Waals surface area contributed by atoms with E-state index < -0.39 is 0 Å². The van der Waals surface area contributed by atoms with Crippen molar-refractivity contribution >= 4 is 16.9 Å². The summed E-state index contributed by atoms with van der Waals surface area (Å²) in [6.07, 6.45) is 1.69. The summed E-state index contributed by atoms with van der Waals surface area (Å²) in [7, 11) is 0. The largest absolute Gasteiger partial charge is 0.275 e. The summed E-state index contributed by atoms with van der Waals surface area (Å²) in [4.78, 5) is 21.9. The minimum absolute atomic E-state index is 0.181. The number of carbonyl (C=O) groups excluding carboxylic acids is 1. The number of fused-ring (bicyclic) bond motifs is 1. The molecule has 0 aliphatic carbocycles. The molecule has 0 aliphatic heterocycles. The van der Waals surface area contributed by atoms with Gasteiger partial charge in [0.1, 0.15) is 0 Å². The van der Waals surface area contributed by atoms with Gasteiger partial charge >= 0.3 is 0 Å². The number of nitrogens with zero attached hydrogens (tertiary/aromatic N) is 3. The fourth-order valence-electron chi connectivity index (χ4n) is 2.09. The van der Waals surface area contributed by atoms with Crippen LogP contribution >= 0.6 is 0 Å². The van der Waals surface area contributed by atoms with Gasteiger partial charge in [-0.3, -0.25) is 9.63 Å². The van der Waals surface area contributed by atoms with Crippen LogP contribution in [0.25, 0.3) is 11.0 Å². The zero-order chi connectivity index (χ0) is 15.6. The third-order valence-corrected chi connectivity index (χ3v) is 3.22. The Bertz CT molecular complexity index is 646. The lowest BCUT2D eigenvalue weighted by atomic mass is 10.1. The van der Waals surface area contributed by atoms with Crippen LogP contribution in [0.1, 0.15) is 62.6 Å². The second-order valence-electron chi connectivity index (χ2n) is 5.53. The highest BCUT2D eigenvalue weighted by Crippen LogP contribution is 2.24. The van der Waals surface area contributed by atoms with Crippen molar-refractivity contribution in [3.8, 4) is 0 Å². The maximum atomic E-state index is 12.3. The van der Waals surface area contributed by atoms with Gasteiger partial charge in [-0.05, 0) is 32.8 Å². The molecule has 0 radical (unpaired) electrons. The fourth-order valence-corrected chi connectivity index (χ4v) is 2.09. The van der Waals surface area contributed by atoms with E-state index in [0.717, 1.165) is 16.7 Å². The third-order valence-electron chi connectivity index (χ3n) is 3.22. The Morgan fingerprint density at radius 2 is 2.10 bits per heavy atom. The summed E-state index contributed by atoms with van der Waals surface area (Å²) >= 11 is 0. The molecule has 114 valence electrons. The minimum Gasteiger partial charge on any atom is -0.274 e. The van der Waals surface area contributed by atoms with Crippen molar-refractivity contribution in [2.24, 2.45) is 0 Å². The molecule has 6 heteroatoms. The van der Waals surface area contributed by atoms with E-state index in [1.807, 2.05) is 31.5 Å². The molecule has 2 rings (SSSR count). The number of hydrogen-bond donors (Lipinski definition) is 1. The standard InChI is InChI=1S/C15H22N4O2/c1-6-21-18-15(20)11-7-13(9(2)3)17-14-12(11)8-16-19(14)10(4)5/h7-10H,6H2,1-5H3,(H,18,20). The monoisotopic (exact) mass is 290 g/mol. The van der Waals surface area contributed by atoms with Crippen LogP contribution in [0, 0.1) is 0 Å². The van der Waals surface area contributed by atoms with Gasteiger partial charge in [-0.2, -0.15) is 5.10 Å². The number of nitrogens with one attached hydrogen (secondary N) is 1. The first kappa shape index (κ1) is 15.4. The van der Waals surface area contributed by atoms with Gasteiger partial charge in [0.05, 0.1) is 23.8 Å². The van der Waals surface area contributed by atoms with Crippen molar-refractivity contribution in [3.05, 3.63) is 23.5 Å². The number of hydroxylamine groups is 1. The highest BCUT2D eigenvalue weighted by Gasteiger charge is 2.18. The second-order valence-corrected chi connectivity index (χ2v) is 5.53. The Morgan fingerprint density at radius 3 is 2.67 bits per heavy atom. The van der Waals surface area contributed by atoms with Gasteiger partial charge in [-0.1, -0.05) is 13.8 Å². The van der Waals surface area contributed by atoms with Crippen LogP contribution in [0.5, 0.6) is 0 Å². The third kappa shape index (κ3) is 3.05. The van der Waals surface area contributed by atoms with Gasteiger partial charge in [0.15, 0.2) is 5.65 Å². The SMILES string of the molecule is CCONC(=O)c1cc(C(C)C)nc2c1cnn2C(C)C. The highest BCUT2D eigenvalue weighted by atomic mass is 16.6. The van der Waals surface area contributed by atoms with Crippen molar-refractivity contribution in [2.75, 3.05) is 6.61 Å². The highest BCUT2D eigenvalue weighted by molar-refractivity contribution is 6.05. The lowest BCUT2D eigenvalue weighted by molar-refractivity contribution is 0.0366. The summed E-state index contributed by atoms with van der Waals surface area (Å²) in [5.41, 5.74) is 4.59. The van der Waals surface area contributed by atoms with Gasteiger partial charge in [0.25, 0.3) is 5.91 Å². The fraction of sp³-hybridized carbons (Fsp3) is 0.533. The normalized spacial score (nSPS) is 11.6. The van der Waals surface area contributed by atoms with E-state index in [1.165, 1.54) is 0 Å². The molecule has 0 bridgehead atoms. The summed E-state index contributed by atoms with van der Waals surface area (Å²) in [6, 6.07) is 1.99. The maximum Gasteiger partial charge on any atom is 0.275 e. The van der Waals surface area contributed by atoms with Gasteiger partial charge in [-0.15, -0.1) is 0 Å². The van der Waals surface area contributed by atoms with Crippen LogP contribution in [-0.4, -0.2) is 27.3 Å². The van der Waals surface area contributed by atoms with Crippen molar-refractivity contribution in [1.29, 1.82) is 0 Å². The van der Waals surface area contributed by atoms with Crippen LogP contribution in [0.3, 0.4) is 0 Å². The topological polar surface area (TPSA) is 69.0 Å². The first-order valence-electron chi connectivity index (χ1n) is 7.26. The Kier molecular flexibility index (Phi) is 4.57. The van der Waals surface area contributed by atoms with Crippen LogP contribution in [0.4, 0.5) is 0 Å². The number of hydrogen-bond acceptors (Lipinski definition) is 4. The summed E-state index contributed by atoms with van der Waals surface area (Å²) in [6.45, 7) is 10.4. The van der Waals surface area contributed by atoms with E-state index in [4.69, 9.17) is 4.84 Å². The molecule has 6 nitrogen and oxygen atoms in total. The molecule has 0 spiro atoms. The Labute approximate surface area is 124 Å². The summed E-state index contributed by atoms with van der Waals surface area (Å²) < 4.78 is 1.83. The lowest BCUT2D eigenvalue weighted by Crippen LogP contribution is -2.24. The van der Waals surface area contributed by atoms with E-state index in [-0.39, 0.29) is 17.9 Å². The Morgan fingerprint density at radius 1 is 1.38 bits per heavy atom. The molecule has 0 saturated heterocycles. The molecule has 0 saturated carbocycles. The van der Waals surface area contributed by atoms with Crippen molar-refractivity contribution in [1.82, 2.24) is 20.2 Å². The van der Waals surface area contributed by atoms with Gasteiger partial charge in [-0.25, -0.2) is 15.1 Å². The van der Waals surface area contributed by atoms with E-state index >= 15 is 0 Å². The van der Waals surface area contributed by atoms with Crippen LogP contribution in [-0.2, 0) is 4.84 Å². The van der Waals surface area contributed by atoms with E-state index in [9.17, 15) is 4.79 Å². The van der Waals surface area contributed by atoms with E-state index in [2.05, 4.69) is 29.4 Å². The van der Waals surface area contributed by atoms with Gasteiger partial charge in [0, 0.05) is 11.7 Å². The molecule has 2 aromatic rings. The van der Waals surface area contributed by atoms with Crippen LogP contribution < -0.4 is 5.48 Å². The van der Waals surface area contributed by atoms with Crippen molar-refractivity contribution < 1.29 is 9.63 Å². The van der Waals surface area contributed by atoms with Crippen LogP contribution in [0.15, 0.2) is 12.3 Å². The molecular formula is C15H22N4O2. The Balaban J connectivity index is 2.59. The van der Waals surface area contributed by atoms with E-state index in [0.29, 0.717) is 12.2 Å². The molecule has 1 amide bonds. The first-order chi connectivity index (χ1) is 9.95. The lowest BCUT2D eigenvalue weighted by Gasteiger charge is -2.12. The zero-order valence-electron chi connectivity index (χ0n) is 13.2. The van der Waals surface area contributed by atoms with E-state index in [1.54, 1.807) is 6.20 Å². The molecule has 0 aromatic carbocycles. The van der Waals surface area contributed by atoms with Crippen molar-refractivity contribution in [3.63, 3.8) is 0 Å². The number of rotatable bonds is 5. The molecule has 2 heterocycles. The minimum atomic E-state index is -0.269. The molecule has 0 atom stereocenters. The average molecular weight is 290 g/mol. The number of carbonyl (C=O) groups is 1. The summed E-state index contributed by atoms with van der Waals surface area (Å²) in [5, 5.41) is 5.09. The average Bonchev–Trinajstić information content (AvgIpc) is 2.87. The molecule has 21 heavy (non-hydrogen) atoms. The molecule has 0 unspecified atom stereocenters. The predicted molar refractivity (Wildman–Crippen MR) is 81.1 cm³/mol. The molecular weight excluding hydrogens is 268 g/mol. The van der Waals surface area contributed by atoms with Crippen molar-refractivity contribution in [2.45, 2.75) is 46.6 Å².